The smallest absolute Gasteiger partial charge is 0.124 e. The van der Waals surface area contributed by atoms with E-state index in [1.165, 1.54) is 21.9 Å². The molecule has 0 aliphatic carbocycles. The lowest BCUT2D eigenvalue weighted by Gasteiger charge is -2.18. The van der Waals surface area contributed by atoms with Gasteiger partial charge in [0.25, 0.3) is 0 Å². The number of halogens is 2. The molecule has 0 aliphatic rings. The molecule has 1 N–H and O–H groups in total. The van der Waals surface area contributed by atoms with Crippen molar-refractivity contribution in [2.24, 2.45) is 0 Å². The van der Waals surface area contributed by atoms with Gasteiger partial charge in [-0.1, -0.05) is 89.9 Å². The van der Waals surface area contributed by atoms with Gasteiger partial charge in [-0.25, -0.2) is 0 Å². The van der Waals surface area contributed by atoms with Gasteiger partial charge < -0.3 is 10.1 Å². The predicted molar refractivity (Wildman–Crippen MR) is 136 cm³/mol. The molecule has 0 aliphatic heterocycles. The van der Waals surface area contributed by atoms with Gasteiger partial charge in [0.2, 0.25) is 0 Å². The fraction of sp³-hybridized carbons (Fsp3) is 0.214. The van der Waals surface area contributed by atoms with E-state index in [-0.39, 0.29) is 0 Å². The van der Waals surface area contributed by atoms with Crippen molar-refractivity contribution < 1.29 is 4.74 Å². The van der Waals surface area contributed by atoms with Crippen molar-refractivity contribution in [1.29, 1.82) is 0 Å². The normalized spacial score (nSPS) is 12.1. The van der Waals surface area contributed by atoms with Crippen molar-refractivity contribution in [3.63, 3.8) is 0 Å². The molecule has 4 aromatic rings. The number of ether oxygens (including phenoxy) is 1. The highest BCUT2D eigenvalue weighted by Crippen LogP contribution is 2.30. The lowest BCUT2D eigenvalue weighted by atomic mass is 10.0. The van der Waals surface area contributed by atoms with Crippen molar-refractivity contribution in [1.82, 2.24) is 5.32 Å². The van der Waals surface area contributed by atoms with Crippen LogP contribution in [0.2, 0.25) is 10.0 Å². The molecular weight excluding hydrogens is 437 g/mol. The van der Waals surface area contributed by atoms with Crippen LogP contribution in [0, 0.1) is 0 Å². The Morgan fingerprint density at radius 3 is 2.47 bits per heavy atom. The summed E-state index contributed by atoms with van der Waals surface area (Å²) in [7, 11) is 0. The van der Waals surface area contributed by atoms with Crippen LogP contribution in [-0.2, 0) is 19.6 Å². The lowest BCUT2D eigenvalue weighted by molar-refractivity contribution is 0.302. The molecule has 0 bridgehead atoms. The van der Waals surface area contributed by atoms with Gasteiger partial charge in [0.1, 0.15) is 12.4 Å². The van der Waals surface area contributed by atoms with Crippen LogP contribution in [0.25, 0.3) is 10.8 Å². The minimum Gasteiger partial charge on any atom is -0.488 e. The highest BCUT2D eigenvalue weighted by Gasteiger charge is 2.12. The largest absolute Gasteiger partial charge is 0.488 e. The van der Waals surface area contributed by atoms with E-state index in [4.69, 9.17) is 27.9 Å². The third-order valence-corrected chi connectivity index (χ3v) is 6.32. The van der Waals surface area contributed by atoms with Crippen molar-refractivity contribution in [2.45, 2.75) is 39.0 Å². The van der Waals surface area contributed by atoms with E-state index in [0.29, 0.717) is 22.7 Å². The standard InChI is InChI=1S/C28H27Cl2NO/c1-20(11-12-21-7-3-2-4-8-21)31-18-26-25-10-6-5-9-22(25)14-16-28(26)32-19-23-13-15-24(29)17-27(23)30/h2-10,13-17,20,31H,11-12,18-19H2,1H3/t20-/m0/s1. The molecule has 0 fully saturated rings. The Bertz CT molecular complexity index is 1180. The number of hydrogen-bond donors (Lipinski definition) is 1. The fourth-order valence-corrected chi connectivity index (χ4v) is 4.30. The maximum absolute atomic E-state index is 6.34. The van der Waals surface area contributed by atoms with Gasteiger partial charge in [-0.2, -0.15) is 0 Å². The molecule has 0 saturated carbocycles. The molecule has 0 spiro atoms. The Labute approximate surface area is 200 Å². The summed E-state index contributed by atoms with van der Waals surface area (Å²) in [5, 5.41) is 7.35. The second-order valence-electron chi connectivity index (χ2n) is 8.09. The van der Waals surface area contributed by atoms with E-state index in [1.54, 1.807) is 6.07 Å². The van der Waals surface area contributed by atoms with Crippen LogP contribution < -0.4 is 10.1 Å². The summed E-state index contributed by atoms with van der Waals surface area (Å²) < 4.78 is 6.25. The van der Waals surface area contributed by atoms with Crippen LogP contribution in [0.4, 0.5) is 0 Å². The van der Waals surface area contributed by atoms with Gasteiger partial charge in [-0.05, 0) is 54.3 Å². The summed E-state index contributed by atoms with van der Waals surface area (Å²) in [5.74, 6) is 0.873. The van der Waals surface area contributed by atoms with E-state index in [1.807, 2.05) is 12.1 Å². The van der Waals surface area contributed by atoms with Gasteiger partial charge in [0, 0.05) is 33.8 Å². The zero-order valence-electron chi connectivity index (χ0n) is 18.2. The van der Waals surface area contributed by atoms with Crippen molar-refractivity contribution in [2.75, 3.05) is 0 Å². The van der Waals surface area contributed by atoms with Crippen molar-refractivity contribution in [3.05, 3.63) is 112 Å². The van der Waals surface area contributed by atoms with Crippen LogP contribution in [0.15, 0.2) is 84.9 Å². The number of hydrogen-bond acceptors (Lipinski definition) is 2. The number of benzene rings is 4. The first-order chi connectivity index (χ1) is 15.6. The third-order valence-electron chi connectivity index (χ3n) is 5.73. The van der Waals surface area contributed by atoms with E-state index in [9.17, 15) is 0 Å². The molecule has 0 radical (unpaired) electrons. The molecular formula is C28H27Cl2NO. The fourth-order valence-electron chi connectivity index (χ4n) is 3.83. The highest BCUT2D eigenvalue weighted by molar-refractivity contribution is 6.35. The summed E-state index contributed by atoms with van der Waals surface area (Å²) in [6.45, 7) is 3.37. The Balaban J connectivity index is 1.48. The molecule has 0 unspecified atom stereocenters. The topological polar surface area (TPSA) is 21.3 Å². The maximum atomic E-state index is 6.34. The first-order valence-corrected chi connectivity index (χ1v) is 11.7. The second kappa shape index (κ2) is 10.9. The van der Waals surface area contributed by atoms with Crippen LogP contribution in [0.1, 0.15) is 30.0 Å². The first kappa shape index (κ1) is 22.7. The number of fused-ring (bicyclic) bond motifs is 1. The van der Waals surface area contributed by atoms with Gasteiger partial charge in [0.05, 0.1) is 0 Å². The molecule has 4 rings (SSSR count). The average molecular weight is 464 g/mol. The predicted octanol–water partition coefficient (Wildman–Crippen LogP) is 7.84. The number of rotatable bonds is 9. The summed E-state index contributed by atoms with van der Waals surface area (Å²) >= 11 is 12.4. The quantitative estimate of drug-likeness (QED) is 0.273. The number of aryl methyl sites for hydroxylation is 1. The Kier molecular flexibility index (Phi) is 7.70. The van der Waals surface area contributed by atoms with Gasteiger partial charge in [-0.15, -0.1) is 0 Å². The summed E-state index contributed by atoms with van der Waals surface area (Å²) in [6, 6.07) is 29.1. The minimum atomic E-state index is 0.382. The number of nitrogens with one attached hydrogen (secondary N) is 1. The lowest BCUT2D eigenvalue weighted by Crippen LogP contribution is -2.26. The van der Waals surface area contributed by atoms with Gasteiger partial charge in [-0.3, -0.25) is 0 Å². The third kappa shape index (κ3) is 5.83. The minimum absolute atomic E-state index is 0.382. The molecule has 0 aromatic heterocycles. The average Bonchev–Trinajstić information content (AvgIpc) is 2.81. The van der Waals surface area contributed by atoms with Crippen molar-refractivity contribution in [3.8, 4) is 5.75 Å². The maximum Gasteiger partial charge on any atom is 0.124 e. The molecule has 1 atom stereocenters. The van der Waals surface area contributed by atoms with E-state index in [2.05, 4.69) is 79.0 Å². The molecule has 4 aromatic carbocycles. The van der Waals surface area contributed by atoms with E-state index >= 15 is 0 Å². The molecule has 32 heavy (non-hydrogen) atoms. The first-order valence-electron chi connectivity index (χ1n) is 10.9. The van der Waals surface area contributed by atoms with Crippen LogP contribution in [-0.4, -0.2) is 6.04 Å². The summed E-state index contributed by atoms with van der Waals surface area (Å²) in [6.07, 6.45) is 2.13. The Morgan fingerprint density at radius 2 is 1.66 bits per heavy atom. The molecule has 4 heteroatoms. The SMILES string of the molecule is C[C@@H](CCc1ccccc1)NCc1c(OCc2ccc(Cl)cc2Cl)ccc2ccccc12. The Morgan fingerprint density at radius 1 is 0.875 bits per heavy atom. The second-order valence-corrected chi connectivity index (χ2v) is 8.94. The monoisotopic (exact) mass is 463 g/mol. The highest BCUT2D eigenvalue weighted by atomic mass is 35.5. The Hall–Kier alpha value is -2.52. The van der Waals surface area contributed by atoms with E-state index < -0.39 is 0 Å². The van der Waals surface area contributed by atoms with E-state index in [0.717, 1.165) is 30.7 Å². The molecule has 164 valence electrons. The molecule has 0 amide bonds. The van der Waals surface area contributed by atoms with Crippen LogP contribution >= 0.6 is 23.2 Å². The molecule has 0 heterocycles. The molecule has 0 saturated heterocycles. The van der Waals surface area contributed by atoms with Crippen molar-refractivity contribution >= 4 is 34.0 Å². The zero-order chi connectivity index (χ0) is 22.3. The van der Waals surface area contributed by atoms with Crippen LogP contribution in [0.5, 0.6) is 5.75 Å². The molecule has 2 nitrogen and oxygen atoms in total. The summed E-state index contributed by atoms with van der Waals surface area (Å²) in [4.78, 5) is 0. The van der Waals surface area contributed by atoms with Gasteiger partial charge >= 0.3 is 0 Å². The van der Waals surface area contributed by atoms with Gasteiger partial charge in [0.15, 0.2) is 0 Å². The van der Waals surface area contributed by atoms with Crippen LogP contribution in [0.3, 0.4) is 0 Å². The summed E-state index contributed by atoms with van der Waals surface area (Å²) in [5.41, 5.74) is 3.45. The zero-order valence-corrected chi connectivity index (χ0v) is 19.7.